The summed E-state index contributed by atoms with van der Waals surface area (Å²) in [6.45, 7) is 4.38. The maximum atomic E-state index is 14.7. The van der Waals surface area contributed by atoms with E-state index in [1.54, 1.807) is 0 Å². The van der Waals surface area contributed by atoms with Gasteiger partial charge in [0.25, 0.3) is 0 Å². The Morgan fingerprint density at radius 3 is 2.48 bits per heavy atom. The molecule has 0 bridgehead atoms. The minimum absolute atomic E-state index is 0.0341. The molecule has 0 saturated heterocycles. The molecule has 0 N–H and O–H groups in total. The van der Waals surface area contributed by atoms with Gasteiger partial charge in [-0.3, -0.25) is 0 Å². The van der Waals surface area contributed by atoms with Gasteiger partial charge in [-0.1, -0.05) is 44.4 Å². The zero-order valence-corrected chi connectivity index (χ0v) is 18.8. The van der Waals surface area contributed by atoms with Crippen molar-refractivity contribution in [3.8, 4) is 0 Å². The number of fused-ring (bicyclic) bond motifs is 2. The Hall–Kier alpha value is -1.11. The van der Waals surface area contributed by atoms with Crippen molar-refractivity contribution in [1.82, 2.24) is 0 Å². The molecule has 29 heavy (non-hydrogen) atoms. The lowest BCUT2D eigenvalue weighted by Gasteiger charge is -2.45. The molecule has 2 fully saturated rings. The SMILES string of the molecule is C/C=C/CCc1cc2c(cc1F)CC(C1CCC3CC(CCC)CCC3C1)CC2. The first kappa shape index (κ1) is 21.1. The molecule has 1 aromatic rings. The van der Waals surface area contributed by atoms with Crippen LogP contribution in [-0.2, 0) is 19.3 Å². The van der Waals surface area contributed by atoms with Crippen molar-refractivity contribution in [2.75, 3.05) is 0 Å². The number of hydrogen-bond donors (Lipinski definition) is 0. The van der Waals surface area contributed by atoms with Crippen LogP contribution in [-0.4, -0.2) is 0 Å². The van der Waals surface area contributed by atoms with Crippen molar-refractivity contribution in [2.24, 2.45) is 29.6 Å². The summed E-state index contributed by atoms with van der Waals surface area (Å²) in [6.07, 6.45) is 21.3. The summed E-state index contributed by atoms with van der Waals surface area (Å²) in [5, 5.41) is 0. The van der Waals surface area contributed by atoms with Gasteiger partial charge in [-0.2, -0.15) is 0 Å². The summed E-state index contributed by atoms with van der Waals surface area (Å²) in [4.78, 5) is 0. The van der Waals surface area contributed by atoms with Crippen molar-refractivity contribution in [3.05, 3.63) is 46.8 Å². The molecule has 2 saturated carbocycles. The molecule has 0 nitrogen and oxygen atoms in total. The van der Waals surface area contributed by atoms with Crippen molar-refractivity contribution >= 4 is 0 Å². The largest absolute Gasteiger partial charge is 0.207 e. The Balaban J connectivity index is 1.36. The molecule has 1 heteroatoms. The van der Waals surface area contributed by atoms with Crippen LogP contribution in [0.2, 0.25) is 0 Å². The fourth-order valence-electron chi connectivity index (χ4n) is 6.98. The first-order valence-corrected chi connectivity index (χ1v) is 12.6. The monoisotopic (exact) mass is 396 g/mol. The number of allylic oxidation sites excluding steroid dienone is 2. The summed E-state index contributed by atoms with van der Waals surface area (Å²) in [6, 6.07) is 4.09. The van der Waals surface area contributed by atoms with Gasteiger partial charge < -0.3 is 0 Å². The lowest BCUT2D eigenvalue weighted by Crippen LogP contribution is -2.35. The smallest absolute Gasteiger partial charge is 0.126 e. The van der Waals surface area contributed by atoms with E-state index in [9.17, 15) is 4.39 Å². The first-order chi connectivity index (χ1) is 14.2. The highest BCUT2D eigenvalue weighted by atomic mass is 19.1. The second-order valence-corrected chi connectivity index (χ2v) is 10.4. The molecule has 5 unspecified atom stereocenters. The zero-order valence-electron chi connectivity index (χ0n) is 18.8. The molecule has 0 spiro atoms. The number of hydrogen-bond acceptors (Lipinski definition) is 0. The van der Waals surface area contributed by atoms with Gasteiger partial charge >= 0.3 is 0 Å². The Morgan fingerprint density at radius 2 is 1.69 bits per heavy atom. The Bertz CT molecular complexity index is 703. The van der Waals surface area contributed by atoms with E-state index in [0.29, 0.717) is 0 Å². The Morgan fingerprint density at radius 1 is 0.931 bits per heavy atom. The fourth-order valence-corrected chi connectivity index (χ4v) is 6.98. The van der Waals surface area contributed by atoms with Gasteiger partial charge in [-0.05, 0) is 123 Å². The average Bonchev–Trinajstić information content (AvgIpc) is 2.74. The molecular formula is C28H41F. The zero-order chi connectivity index (χ0) is 20.2. The van der Waals surface area contributed by atoms with Crippen LogP contribution in [0.25, 0.3) is 0 Å². The van der Waals surface area contributed by atoms with Gasteiger partial charge in [0.15, 0.2) is 0 Å². The number of aryl methyl sites for hydroxylation is 2. The second kappa shape index (κ2) is 9.80. The summed E-state index contributed by atoms with van der Waals surface area (Å²) < 4.78 is 14.7. The van der Waals surface area contributed by atoms with Gasteiger partial charge in [0.2, 0.25) is 0 Å². The Kier molecular flexibility index (Phi) is 7.14. The average molecular weight is 397 g/mol. The third kappa shape index (κ3) is 4.97. The maximum Gasteiger partial charge on any atom is 0.126 e. The van der Waals surface area contributed by atoms with Crippen molar-refractivity contribution < 1.29 is 4.39 Å². The number of halogens is 1. The standard InChI is InChI=1S/C28H41F/c1-3-5-6-8-26-17-25-14-13-24(18-27(25)19-28(26)29)23-12-11-21-15-20(7-4-2)9-10-22(21)16-23/h3,5,17,19-24H,4,6-16,18H2,1-2H3/b5-3+. The van der Waals surface area contributed by atoms with Crippen LogP contribution in [0.3, 0.4) is 0 Å². The van der Waals surface area contributed by atoms with Crippen molar-refractivity contribution in [2.45, 2.75) is 97.3 Å². The quantitative estimate of drug-likeness (QED) is 0.426. The van der Waals surface area contributed by atoms with Crippen molar-refractivity contribution in [1.29, 1.82) is 0 Å². The van der Waals surface area contributed by atoms with E-state index in [0.717, 1.165) is 54.4 Å². The molecule has 0 amide bonds. The highest BCUT2D eigenvalue weighted by molar-refractivity contribution is 5.35. The maximum absolute atomic E-state index is 14.7. The summed E-state index contributed by atoms with van der Waals surface area (Å²) in [5.74, 6) is 4.75. The van der Waals surface area contributed by atoms with Crippen LogP contribution < -0.4 is 0 Å². The van der Waals surface area contributed by atoms with Crippen LogP contribution >= 0.6 is 0 Å². The molecule has 5 atom stereocenters. The molecule has 4 rings (SSSR count). The van der Waals surface area contributed by atoms with Crippen LogP contribution in [0.5, 0.6) is 0 Å². The molecule has 3 aliphatic rings. The summed E-state index contributed by atoms with van der Waals surface area (Å²) >= 11 is 0. The van der Waals surface area contributed by atoms with E-state index in [4.69, 9.17) is 0 Å². The van der Waals surface area contributed by atoms with E-state index < -0.39 is 0 Å². The molecule has 0 aliphatic heterocycles. The summed E-state index contributed by atoms with van der Waals surface area (Å²) in [5.41, 5.74) is 3.68. The van der Waals surface area contributed by atoms with E-state index >= 15 is 0 Å². The molecule has 0 heterocycles. The van der Waals surface area contributed by atoms with Gasteiger partial charge in [-0.25, -0.2) is 4.39 Å². The van der Waals surface area contributed by atoms with Crippen LogP contribution in [0.15, 0.2) is 24.3 Å². The fraction of sp³-hybridized carbons (Fsp3) is 0.714. The minimum atomic E-state index is 0.0341. The van der Waals surface area contributed by atoms with Crippen LogP contribution in [0.4, 0.5) is 4.39 Å². The lowest BCUT2D eigenvalue weighted by atomic mass is 9.61. The summed E-state index contributed by atoms with van der Waals surface area (Å²) in [7, 11) is 0. The van der Waals surface area contributed by atoms with E-state index in [-0.39, 0.29) is 5.82 Å². The van der Waals surface area contributed by atoms with E-state index in [1.807, 2.05) is 13.0 Å². The normalized spacial score (nSPS) is 32.2. The molecule has 1 aromatic carbocycles. The number of rotatable bonds is 6. The van der Waals surface area contributed by atoms with Gasteiger partial charge in [0.1, 0.15) is 5.82 Å². The molecule has 0 aromatic heterocycles. The second-order valence-electron chi connectivity index (χ2n) is 10.4. The van der Waals surface area contributed by atoms with E-state index in [1.165, 1.54) is 75.3 Å². The minimum Gasteiger partial charge on any atom is -0.207 e. The number of benzene rings is 1. The van der Waals surface area contributed by atoms with Gasteiger partial charge in [0, 0.05) is 0 Å². The highest BCUT2D eigenvalue weighted by Gasteiger charge is 2.38. The van der Waals surface area contributed by atoms with Crippen LogP contribution in [0.1, 0.15) is 94.7 Å². The van der Waals surface area contributed by atoms with Gasteiger partial charge in [-0.15, -0.1) is 0 Å². The van der Waals surface area contributed by atoms with E-state index in [2.05, 4.69) is 25.1 Å². The van der Waals surface area contributed by atoms with Crippen LogP contribution in [0, 0.1) is 35.4 Å². The highest BCUT2D eigenvalue weighted by Crippen LogP contribution is 2.49. The molecular weight excluding hydrogens is 355 g/mol. The third-order valence-corrected chi connectivity index (χ3v) is 8.58. The molecule has 0 radical (unpaired) electrons. The Labute approximate surface area is 178 Å². The predicted molar refractivity (Wildman–Crippen MR) is 122 cm³/mol. The predicted octanol–water partition coefficient (Wildman–Crippen LogP) is 8.07. The first-order valence-electron chi connectivity index (χ1n) is 12.6. The third-order valence-electron chi connectivity index (χ3n) is 8.58. The molecule has 160 valence electrons. The lowest BCUT2D eigenvalue weighted by molar-refractivity contribution is 0.0694. The molecule has 3 aliphatic carbocycles. The van der Waals surface area contributed by atoms with Crippen molar-refractivity contribution in [3.63, 3.8) is 0 Å². The topological polar surface area (TPSA) is 0 Å². The van der Waals surface area contributed by atoms with Gasteiger partial charge in [0.05, 0.1) is 0 Å².